The molecular weight excluding hydrogens is 203 g/mol. The molecule has 0 spiro atoms. The van der Waals surface area contributed by atoms with Crippen LogP contribution in [0.15, 0.2) is 18.2 Å². The van der Waals surface area contributed by atoms with Gasteiger partial charge in [-0.3, -0.25) is 0 Å². The average Bonchev–Trinajstić information content (AvgIpc) is 2.11. The van der Waals surface area contributed by atoms with Crippen LogP contribution in [0, 0.1) is 5.92 Å². The van der Waals surface area contributed by atoms with Gasteiger partial charge in [0.15, 0.2) is 0 Å². The Hall–Kier alpha value is -0.200. The molecule has 0 amide bonds. The van der Waals surface area contributed by atoms with E-state index in [-0.39, 0.29) is 0 Å². The van der Waals surface area contributed by atoms with Crippen LogP contribution in [-0.4, -0.2) is 0 Å². The first-order valence-corrected chi connectivity index (χ1v) is 5.33. The van der Waals surface area contributed by atoms with E-state index in [4.69, 9.17) is 23.2 Å². The molecule has 0 saturated heterocycles. The molecule has 2 heteroatoms. The Bertz CT molecular complexity index is 281. The van der Waals surface area contributed by atoms with E-state index < -0.39 is 0 Å². The van der Waals surface area contributed by atoms with E-state index in [1.807, 2.05) is 18.2 Å². The maximum atomic E-state index is 6.04. The third-order valence-electron chi connectivity index (χ3n) is 2.27. The minimum Gasteiger partial charge on any atom is -0.0843 e. The highest BCUT2D eigenvalue weighted by molar-refractivity contribution is 6.33. The fourth-order valence-electron chi connectivity index (χ4n) is 1.22. The van der Waals surface area contributed by atoms with Gasteiger partial charge in [-0.1, -0.05) is 43.5 Å². The van der Waals surface area contributed by atoms with Crippen LogP contribution < -0.4 is 0 Å². The van der Waals surface area contributed by atoms with Crippen LogP contribution >= 0.6 is 23.2 Å². The highest BCUT2D eigenvalue weighted by atomic mass is 35.5. The molecule has 0 heterocycles. The lowest BCUT2D eigenvalue weighted by molar-refractivity contribution is 0.560. The third-order valence-corrected chi connectivity index (χ3v) is 2.88. The Morgan fingerprint density at radius 2 is 2.00 bits per heavy atom. The van der Waals surface area contributed by atoms with Crippen molar-refractivity contribution in [1.82, 2.24) is 0 Å². The summed E-state index contributed by atoms with van der Waals surface area (Å²) in [5.41, 5.74) is 1.16. The van der Waals surface area contributed by atoms with Crippen molar-refractivity contribution in [3.63, 3.8) is 0 Å². The van der Waals surface area contributed by atoms with E-state index in [0.29, 0.717) is 5.92 Å². The van der Waals surface area contributed by atoms with Crippen LogP contribution in [-0.2, 0) is 6.42 Å². The van der Waals surface area contributed by atoms with Crippen molar-refractivity contribution in [2.45, 2.75) is 26.7 Å². The van der Waals surface area contributed by atoms with Gasteiger partial charge in [-0.05, 0) is 36.1 Å². The Balaban J connectivity index is 2.81. The zero-order valence-electron chi connectivity index (χ0n) is 7.98. The number of benzene rings is 1. The lowest BCUT2D eigenvalue weighted by Crippen LogP contribution is -1.98. The quantitative estimate of drug-likeness (QED) is 0.694. The van der Waals surface area contributed by atoms with Crippen LogP contribution in [0.2, 0.25) is 10.0 Å². The molecule has 72 valence electrons. The molecule has 1 aromatic carbocycles. The van der Waals surface area contributed by atoms with Gasteiger partial charge in [0.2, 0.25) is 0 Å². The molecule has 1 atom stereocenters. The van der Waals surface area contributed by atoms with Gasteiger partial charge in [0.1, 0.15) is 0 Å². The maximum absolute atomic E-state index is 6.04. The standard InChI is InChI=1S/C11H14Cl2/c1-3-8(2)6-9-7-10(12)4-5-11(9)13/h4-5,7-8H,3,6H2,1-2H3. The Morgan fingerprint density at radius 3 is 2.62 bits per heavy atom. The van der Waals surface area contributed by atoms with E-state index in [9.17, 15) is 0 Å². The molecule has 1 unspecified atom stereocenters. The van der Waals surface area contributed by atoms with Crippen LogP contribution in [0.3, 0.4) is 0 Å². The van der Waals surface area contributed by atoms with Gasteiger partial charge in [-0.25, -0.2) is 0 Å². The molecule has 0 aromatic heterocycles. The van der Waals surface area contributed by atoms with Crippen molar-refractivity contribution >= 4 is 23.2 Å². The van der Waals surface area contributed by atoms with Gasteiger partial charge in [0.05, 0.1) is 0 Å². The summed E-state index contributed by atoms with van der Waals surface area (Å²) in [5, 5.41) is 1.59. The third kappa shape index (κ3) is 3.21. The smallest absolute Gasteiger partial charge is 0.0439 e. The molecular formula is C11H14Cl2. The highest BCUT2D eigenvalue weighted by Crippen LogP contribution is 2.23. The molecule has 0 aliphatic carbocycles. The maximum Gasteiger partial charge on any atom is 0.0439 e. The second-order valence-corrected chi connectivity index (χ2v) is 4.30. The normalized spacial score (nSPS) is 12.9. The number of halogens is 2. The predicted octanol–water partition coefficient (Wildman–Crippen LogP) is 4.58. The molecule has 0 N–H and O–H groups in total. The van der Waals surface area contributed by atoms with Crippen LogP contribution in [0.4, 0.5) is 0 Å². The molecule has 1 aromatic rings. The molecule has 0 aliphatic heterocycles. The number of hydrogen-bond acceptors (Lipinski definition) is 0. The van der Waals surface area contributed by atoms with Gasteiger partial charge < -0.3 is 0 Å². The molecule has 0 aliphatic rings. The first-order valence-electron chi connectivity index (χ1n) is 4.57. The largest absolute Gasteiger partial charge is 0.0843 e. The Labute approximate surface area is 89.9 Å². The van der Waals surface area contributed by atoms with Crippen molar-refractivity contribution in [1.29, 1.82) is 0 Å². The molecule has 0 fully saturated rings. The van der Waals surface area contributed by atoms with E-state index in [1.54, 1.807) is 0 Å². The predicted molar refractivity (Wildman–Crippen MR) is 59.6 cm³/mol. The van der Waals surface area contributed by atoms with Gasteiger partial charge >= 0.3 is 0 Å². The second kappa shape index (κ2) is 4.88. The summed E-state index contributed by atoms with van der Waals surface area (Å²) in [7, 11) is 0. The van der Waals surface area contributed by atoms with Crippen molar-refractivity contribution in [2.24, 2.45) is 5.92 Å². The lowest BCUT2D eigenvalue weighted by Gasteiger charge is -2.09. The average molecular weight is 217 g/mol. The summed E-state index contributed by atoms with van der Waals surface area (Å²) in [6, 6.07) is 5.64. The zero-order valence-corrected chi connectivity index (χ0v) is 9.49. The molecule has 0 nitrogen and oxygen atoms in total. The lowest BCUT2D eigenvalue weighted by atomic mass is 9.99. The Kier molecular flexibility index (Phi) is 4.08. The van der Waals surface area contributed by atoms with Gasteiger partial charge in [-0.2, -0.15) is 0 Å². The van der Waals surface area contributed by atoms with Gasteiger partial charge in [0, 0.05) is 10.0 Å². The summed E-state index contributed by atoms with van der Waals surface area (Å²) in [6.07, 6.45) is 2.18. The van der Waals surface area contributed by atoms with Gasteiger partial charge in [-0.15, -0.1) is 0 Å². The molecule has 0 saturated carbocycles. The molecule has 0 bridgehead atoms. The van der Waals surface area contributed by atoms with Crippen LogP contribution in [0.5, 0.6) is 0 Å². The first-order chi connectivity index (χ1) is 6.13. The number of rotatable bonds is 3. The summed E-state index contributed by atoms with van der Waals surface area (Å²) in [5.74, 6) is 0.663. The highest BCUT2D eigenvalue weighted by Gasteiger charge is 2.05. The topological polar surface area (TPSA) is 0 Å². The summed E-state index contributed by atoms with van der Waals surface area (Å²) in [4.78, 5) is 0. The SMILES string of the molecule is CCC(C)Cc1cc(Cl)ccc1Cl. The van der Waals surface area contributed by atoms with E-state index >= 15 is 0 Å². The zero-order chi connectivity index (χ0) is 9.84. The van der Waals surface area contributed by atoms with E-state index in [2.05, 4.69) is 13.8 Å². The fraction of sp³-hybridized carbons (Fsp3) is 0.455. The minimum atomic E-state index is 0.663. The van der Waals surface area contributed by atoms with Crippen LogP contribution in [0.25, 0.3) is 0 Å². The number of hydrogen-bond donors (Lipinski definition) is 0. The summed E-state index contributed by atoms with van der Waals surface area (Å²) in [6.45, 7) is 4.40. The molecule has 13 heavy (non-hydrogen) atoms. The van der Waals surface area contributed by atoms with Gasteiger partial charge in [0.25, 0.3) is 0 Å². The van der Waals surface area contributed by atoms with Crippen molar-refractivity contribution in [3.8, 4) is 0 Å². The molecule has 1 rings (SSSR count). The van der Waals surface area contributed by atoms with E-state index in [0.717, 1.165) is 22.0 Å². The van der Waals surface area contributed by atoms with E-state index in [1.165, 1.54) is 6.42 Å². The molecule has 0 radical (unpaired) electrons. The summed E-state index contributed by atoms with van der Waals surface area (Å²) < 4.78 is 0. The first kappa shape index (κ1) is 10.9. The fourth-order valence-corrected chi connectivity index (χ4v) is 1.61. The Morgan fingerprint density at radius 1 is 1.31 bits per heavy atom. The van der Waals surface area contributed by atoms with Crippen molar-refractivity contribution in [3.05, 3.63) is 33.8 Å². The minimum absolute atomic E-state index is 0.663. The van der Waals surface area contributed by atoms with Crippen molar-refractivity contribution in [2.75, 3.05) is 0 Å². The monoisotopic (exact) mass is 216 g/mol. The van der Waals surface area contributed by atoms with Crippen LogP contribution in [0.1, 0.15) is 25.8 Å². The summed E-state index contributed by atoms with van der Waals surface area (Å²) >= 11 is 11.9. The van der Waals surface area contributed by atoms with Crippen molar-refractivity contribution < 1.29 is 0 Å². The second-order valence-electron chi connectivity index (χ2n) is 3.45.